The van der Waals surface area contributed by atoms with E-state index in [1.54, 1.807) is 7.11 Å². The highest BCUT2D eigenvalue weighted by Gasteiger charge is 2.15. The van der Waals surface area contributed by atoms with Crippen LogP contribution in [0.5, 0.6) is 5.75 Å². The molecule has 0 amide bonds. The fourth-order valence-electron chi connectivity index (χ4n) is 1.99. The number of hydrogen-bond donors (Lipinski definition) is 0. The third-order valence-corrected chi connectivity index (χ3v) is 3.20. The molecule has 0 spiro atoms. The van der Waals surface area contributed by atoms with E-state index in [1.807, 2.05) is 26.8 Å². The van der Waals surface area contributed by atoms with E-state index in [4.69, 9.17) is 16.3 Å². The van der Waals surface area contributed by atoms with Crippen LogP contribution in [0.25, 0.3) is 11.4 Å². The number of rotatable bonds is 2. The first-order chi connectivity index (χ1) is 8.54. The fraction of sp³-hybridized carbons (Fsp3) is 0.308. The summed E-state index contributed by atoms with van der Waals surface area (Å²) in [6, 6.07) is 1.97. The zero-order valence-corrected chi connectivity index (χ0v) is 11.5. The van der Waals surface area contributed by atoms with Crippen LogP contribution in [-0.2, 0) is 0 Å². The highest BCUT2D eigenvalue weighted by molar-refractivity contribution is 6.29. The van der Waals surface area contributed by atoms with Crippen molar-refractivity contribution in [2.24, 2.45) is 0 Å². The van der Waals surface area contributed by atoms with Gasteiger partial charge in [0.15, 0.2) is 11.0 Å². The van der Waals surface area contributed by atoms with E-state index >= 15 is 0 Å². The first kappa shape index (κ1) is 12.8. The van der Waals surface area contributed by atoms with E-state index in [9.17, 15) is 0 Å². The molecule has 4 nitrogen and oxygen atoms in total. The van der Waals surface area contributed by atoms with Crippen molar-refractivity contribution >= 4 is 11.6 Å². The van der Waals surface area contributed by atoms with Crippen molar-refractivity contribution in [3.63, 3.8) is 0 Å². The van der Waals surface area contributed by atoms with Gasteiger partial charge in [0.25, 0.3) is 0 Å². The summed E-state index contributed by atoms with van der Waals surface area (Å²) in [6.07, 6.45) is 1.42. The van der Waals surface area contributed by atoms with Crippen molar-refractivity contribution < 1.29 is 4.74 Å². The minimum Gasteiger partial charge on any atom is -0.496 e. The van der Waals surface area contributed by atoms with Gasteiger partial charge in [-0.2, -0.15) is 5.10 Å². The molecule has 18 heavy (non-hydrogen) atoms. The minimum atomic E-state index is 0.340. The third kappa shape index (κ3) is 2.16. The van der Waals surface area contributed by atoms with Crippen molar-refractivity contribution in [1.82, 2.24) is 15.2 Å². The second-order valence-corrected chi connectivity index (χ2v) is 4.51. The number of hydrogen-bond acceptors (Lipinski definition) is 4. The van der Waals surface area contributed by atoms with Crippen LogP contribution in [0, 0.1) is 20.8 Å². The maximum atomic E-state index is 5.86. The molecule has 0 aliphatic rings. The summed E-state index contributed by atoms with van der Waals surface area (Å²) in [4.78, 5) is 4.21. The maximum Gasteiger partial charge on any atom is 0.183 e. The van der Waals surface area contributed by atoms with Gasteiger partial charge in [-0.3, -0.25) is 0 Å². The van der Waals surface area contributed by atoms with E-state index in [-0.39, 0.29) is 0 Å². The molecule has 0 bridgehead atoms. The molecule has 0 atom stereocenters. The van der Waals surface area contributed by atoms with Gasteiger partial charge < -0.3 is 4.74 Å². The smallest absolute Gasteiger partial charge is 0.183 e. The Morgan fingerprint density at radius 3 is 2.50 bits per heavy atom. The van der Waals surface area contributed by atoms with E-state index in [0.29, 0.717) is 11.0 Å². The minimum absolute atomic E-state index is 0.340. The lowest BCUT2D eigenvalue weighted by Crippen LogP contribution is -2.00. The monoisotopic (exact) mass is 263 g/mol. The Morgan fingerprint density at radius 1 is 1.17 bits per heavy atom. The van der Waals surface area contributed by atoms with Gasteiger partial charge in [0.1, 0.15) is 5.75 Å². The third-order valence-electron chi connectivity index (χ3n) is 3.02. The van der Waals surface area contributed by atoms with Crippen molar-refractivity contribution in [3.8, 4) is 17.1 Å². The van der Waals surface area contributed by atoms with Crippen molar-refractivity contribution in [3.05, 3.63) is 34.1 Å². The summed E-state index contributed by atoms with van der Waals surface area (Å²) in [5, 5.41) is 8.22. The molecule has 0 radical (unpaired) electrons. The average Bonchev–Trinajstić information content (AvgIpc) is 2.34. The van der Waals surface area contributed by atoms with E-state index in [1.165, 1.54) is 6.20 Å². The largest absolute Gasteiger partial charge is 0.496 e. The lowest BCUT2D eigenvalue weighted by Gasteiger charge is -2.14. The number of aryl methyl sites for hydroxylation is 1. The standard InChI is InChI=1S/C13H14ClN3O/c1-7-5-10(18-4)8(2)9(3)12(7)13-16-11(14)6-15-17-13/h5-6H,1-4H3. The Bertz CT molecular complexity index is 599. The molecule has 0 saturated heterocycles. The number of methoxy groups -OCH3 is 1. The van der Waals surface area contributed by atoms with E-state index < -0.39 is 0 Å². The van der Waals surface area contributed by atoms with Crippen LogP contribution in [-0.4, -0.2) is 22.3 Å². The Labute approximate surface area is 111 Å². The van der Waals surface area contributed by atoms with Gasteiger partial charge in [0.2, 0.25) is 0 Å². The number of benzene rings is 1. The average molecular weight is 264 g/mol. The summed E-state index contributed by atoms with van der Waals surface area (Å²) in [6.45, 7) is 6.02. The highest BCUT2D eigenvalue weighted by Crippen LogP contribution is 2.32. The predicted octanol–water partition coefficient (Wildman–Crippen LogP) is 3.13. The van der Waals surface area contributed by atoms with Crippen LogP contribution < -0.4 is 4.74 Å². The Hall–Kier alpha value is -1.68. The maximum absolute atomic E-state index is 5.86. The topological polar surface area (TPSA) is 47.9 Å². The molecule has 1 aromatic heterocycles. The molecule has 5 heteroatoms. The first-order valence-electron chi connectivity index (χ1n) is 5.55. The Kier molecular flexibility index (Phi) is 3.48. The fourth-order valence-corrected chi connectivity index (χ4v) is 2.11. The molecule has 2 rings (SSSR count). The molecule has 0 N–H and O–H groups in total. The van der Waals surface area contributed by atoms with Crippen LogP contribution >= 0.6 is 11.6 Å². The Balaban J connectivity index is 2.69. The highest BCUT2D eigenvalue weighted by atomic mass is 35.5. The molecule has 2 aromatic rings. The SMILES string of the molecule is COc1cc(C)c(-c2nncc(Cl)n2)c(C)c1C. The molecular formula is C13H14ClN3O. The number of aromatic nitrogens is 3. The number of nitrogens with zero attached hydrogens (tertiary/aromatic N) is 3. The van der Waals surface area contributed by atoms with Gasteiger partial charge in [-0.05, 0) is 43.5 Å². The number of halogens is 1. The number of ether oxygens (including phenoxy) is 1. The molecule has 0 saturated carbocycles. The summed E-state index contributed by atoms with van der Waals surface area (Å²) < 4.78 is 5.34. The second-order valence-electron chi connectivity index (χ2n) is 4.12. The van der Waals surface area contributed by atoms with Crippen LogP contribution in [0.4, 0.5) is 0 Å². The lowest BCUT2D eigenvalue weighted by molar-refractivity contribution is 0.411. The molecule has 0 fully saturated rings. The summed E-state index contributed by atoms with van der Waals surface area (Å²) in [7, 11) is 1.67. The van der Waals surface area contributed by atoms with E-state index in [0.717, 1.165) is 28.0 Å². The Morgan fingerprint density at radius 2 is 1.89 bits per heavy atom. The van der Waals surface area contributed by atoms with Gasteiger partial charge in [0.05, 0.1) is 13.3 Å². The van der Waals surface area contributed by atoms with Gasteiger partial charge in [0, 0.05) is 5.56 Å². The van der Waals surface area contributed by atoms with Gasteiger partial charge in [-0.1, -0.05) is 11.6 Å². The molecule has 1 heterocycles. The van der Waals surface area contributed by atoms with E-state index in [2.05, 4.69) is 15.2 Å². The van der Waals surface area contributed by atoms with Crippen LogP contribution in [0.15, 0.2) is 12.3 Å². The van der Waals surface area contributed by atoms with Crippen LogP contribution in [0.1, 0.15) is 16.7 Å². The zero-order chi connectivity index (χ0) is 13.3. The second kappa shape index (κ2) is 4.90. The molecule has 94 valence electrons. The van der Waals surface area contributed by atoms with Crippen molar-refractivity contribution in [2.75, 3.05) is 7.11 Å². The zero-order valence-electron chi connectivity index (χ0n) is 10.8. The van der Waals surface area contributed by atoms with Crippen LogP contribution in [0.3, 0.4) is 0 Å². The molecular weight excluding hydrogens is 250 g/mol. The molecule has 0 aliphatic heterocycles. The molecule has 0 unspecified atom stereocenters. The van der Waals surface area contributed by atoms with Gasteiger partial charge in [-0.25, -0.2) is 4.98 Å². The quantitative estimate of drug-likeness (QED) is 0.835. The first-order valence-corrected chi connectivity index (χ1v) is 5.92. The lowest BCUT2D eigenvalue weighted by atomic mass is 9.97. The molecule has 1 aromatic carbocycles. The van der Waals surface area contributed by atoms with Gasteiger partial charge in [-0.15, -0.1) is 5.10 Å². The summed E-state index contributed by atoms with van der Waals surface area (Å²) in [5.41, 5.74) is 4.15. The normalized spacial score (nSPS) is 10.5. The van der Waals surface area contributed by atoms with Gasteiger partial charge >= 0.3 is 0 Å². The predicted molar refractivity (Wildman–Crippen MR) is 71.0 cm³/mol. The summed E-state index contributed by atoms with van der Waals surface area (Å²) in [5.74, 6) is 1.41. The molecule has 0 aliphatic carbocycles. The van der Waals surface area contributed by atoms with Crippen molar-refractivity contribution in [1.29, 1.82) is 0 Å². The van der Waals surface area contributed by atoms with Crippen molar-refractivity contribution in [2.45, 2.75) is 20.8 Å². The summed E-state index contributed by atoms with van der Waals surface area (Å²) >= 11 is 5.86. The van der Waals surface area contributed by atoms with Crippen LogP contribution in [0.2, 0.25) is 5.15 Å².